The minimum absolute atomic E-state index is 0.0549. The van der Waals surface area contributed by atoms with E-state index in [9.17, 15) is 4.79 Å². The fourth-order valence-corrected chi connectivity index (χ4v) is 3.28. The summed E-state index contributed by atoms with van der Waals surface area (Å²) in [6.07, 6.45) is 1.78. The fourth-order valence-electron chi connectivity index (χ4n) is 3.28. The minimum Gasteiger partial charge on any atom is -0.378 e. The molecule has 1 aliphatic heterocycles. The number of para-hydroxylation sites is 1. The Kier molecular flexibility index (Phi) is 4.58. The second-order valence-corrected chi connectivity index (χ2v) is 6.47. The Morgan fingerprint density at radius 1 is 1.12 bits per heavy atom. The van der Waals surface area contributed by atoms with Gasteiger partial charge in [0.05, 0.1) is 13.2 Å². The van der Waals surface area contributed by atoms with Crippen molar-refractivity contribution in [3.63, 3.8) is 0 Å². The molecule has 2 aromatic heterocycles. The number of aromatic nitrogens is 2. The van der Waals surface area contributed by atoms with Gasteiger partial charge in [-0.1, -0.05) is 24.3 Å². The molecule has 1 aliphatic rings. The topological polar surface area (TPSA) is 50.1 Å². The summed E-state index contributed by atoms with van der Waals surface area (Å²) in [5, 5.41) is 0. The standard InChI is InChI=1S/C20H22N4O2/c1-22(17-7-3-2-4-8-17)15-16-6-5-9-24-19(25)14-18(21-20(16)24)23-10-12-26-13-11-23/h2-9,14H,10-13,15H2,1H3. The van der Waals surface area contributed by atoms with Gasteiger partial charge in [-0.05, 0) is 18.2 Å². The Bertz CT molecular complexity index is 949. The molecule has 0 bridgehead atoms. The van der Waals surface area contributed by atoms with E-state index in [0.29, 0.717) is 25.4 Å². The van der Waals surface area contributed by atoms with Crippen molar-refractivity contribution >= 4 is 17.2 Å². The predicted molar refractivity (Wildman–Crippen MR) is 103 cm³/mol. The van der Waals surface area contributed by atoms with Crippen LogP contribution in [-0.2, 0) is 11.3 Å². The van der Waals surface area contributed by atoms with Crippen LogP contribution in [0.3, 0.4) is 0 Å². The zero-order chi connectivity index (χ0) is 17.9. The highest BCUT2D eigenvalue weighted by molar-refractivity contribution is 5.56. The largest absolute Gasteiger partial charge is 0.378 e. The number of pyridine rings is 1. The lowest BCUT2D eigenvalue weighted by atomic mass is 10.2. The lowest BCUT2D eigenvalue weighted by Gasteiger charge is -2.28. The first kappa shape index (κ1) is 16.6. The number of nitrogens with zero attached hydrogens (tertiary/aromatic N) is 4. The van der Waals surface area contributed by atoms with Gasteiger partial charge in [-0.25, -0.2) is 4.98 Å². The van der Waals surface area contributed by atoms with Crippen LogP contribution in [0.2, 0.25) is 0 Å². The van der Waals surface area contributed by atoms with Gasteiger partial charge in [0.25, 0.3) is 5.56 Å². The van der Waals surface area contributed by atoms with E-state index in [2.05, 4.69) is 21.9 Å². The van der Waals surface area contributed by atoms with Gasteiger partial charge in [0, 0.05) is 50.2 Å². The Hall–Kier alpha value is -2.86. The summed E-state index contributed by atoms with van der Waals surface area (Å²) in [7, 11) is 2.04. The Balaban J connectivity index is 1.72. The van der Waals surface area contributed by atoms with Crippen molar-refractivity contribution in [1.82, 2.24) is 9.38 Å². The molecule has 0 atom stereocenters. The molecule has 0 saturated carbocycles. The van der Waals surface area contributed by atoms with E-state index in [0.717, 1.165) is 30.2 Å². The molecule has 3 heterocycles. The molecule has 0 amide bonds. The molecule has 1 aromatic carbocycles. The molecule has 0 aliphatic carbocycles. The van der Waals surface area contributed by atoms with Crippen molar-refractivity contribution in [2.75, 3.05) is 43.2 Å². The SMILES string of the molecule is CN(Cc1cccn2c(=O)cc(N3CCOCC3)nc12)c1ccccc1. The van der Waals surface area contributed by atoms with Crippen LogP contribution in [-0.4, -0.2) is 42.7 Å². The van der Waals surface area contributed by atoms with E-state index >= 15 is 0 Å². The minimum atomic E-state index is -0.0549. The van der Waals surface area contributed by atoms with Gasteiger partial charge < -0.3 is 14.5 Å². The lowest BCUT2D eigenvalue weighted by molar-refractivity contribution is 0.122. The number of anilines is 2. The second-order valence-electron chi connectivity index (χ2n) is 6.47. The molecule has 4 rings (SSSR count). The number of fused-ring (bicyclic) bond motifs is 1. The molecule has 1 saturated heterocycles. The van der Waals surface area contributed by atoms with Gasteiger partial charge in [-0.3, -0.25) is 9.20 Å². The Labute approximate surface area is 152 Å². The van der Waals surface area contributed by atoms with Gasteiger partial charge in [-0.2, -0.15) is 0 Å². The summed E-state index contributed by atoms with van der Waals surface area (Å²) < 4.78 is 7.03. The molecule has 1 fully saturated rings. The maximum Gasteiger partial charge on any atom is 0.259 e. The third-order valence-corrected chi connectivity index (χ3v) is 4.70. The summed E-state index contributed by atoms with van der Waals surface area (Å²) in [5.74, 6) is 0.730. The van der Waals surface area contributed by atoms with Crippen LogP contribution >= 0.6 is 0 Å². The highest BCUT2D eigenvalue weighted by atomic mass is 16.5. The van der Waals surface area contributed by atoms with E-state index in [-0.39, 0.29) is 5.56 Å². The fraction of sp³-hybridized carbons (Fsp3) is 0.300. The molecule has 0 spiro atoms. The van der Waals surface area contributed by atoms with Crippen LogP contribution in [0.4, 0.5) is 11.5 Å². The average Bonchev–Trinajstić information content (AvgIpc) is 2.70. The third kappa shape index (κ3) is 3.28. The molecule has 0 radical (unpaired) electrons. The Morgan fingerprint density at radius 3 is 2.65 bits per heavy atom. The maximum absolute atomic E-state index is 12.6. The third-order valence-electron chi connectivity index (χ3n) is 4.70. The van der Waals surface area contributed by atoms with Crippen molar-refractivity contribution in [2.45, 2.75) is 6.54 Å². The first-order valence-corrected chi connectivity index (χ1v) is 8.82. The van der Waals surface area contributed by atoms with Crippen LogP contribution in [0.1, 0.15) is 5.56 Å². The van der Waals surface area contributed by atoms with Crippen molar-refractivity contribution in [3.05, 3.63) is 70.6 Å². The molecule has 6 nitrogen and oxygen atoms in total. The smallest absolute Gasteiger partial charge is 0.259 e. The molecular weight excluding hydrogens is 328 g/mol. The lowest BCUT2D eigenvalue weighted by Crippen LogP contribution is -2.37. The highest BCUT2D eigenvalue weighted by Gasteiger charge is 2.16. The van der Waals surface area contributed by atoms with Crippen molar-refractivity contribution < 1.29 is 4.74 Å². The zero-order valence-electron chi connectivity index (χ0n) is 14.8. The van der Waals surface area contributed by atoms with E-state index in [4.69, 9.17) is 9.72 Å². The summed E-state index contributed by atoms with van der Waals surface area (Å²) in [4.78, 5) is 21.7. The summed E-state index contributed by atoms with van der Waals surface area (Å²) >= 11 is 0. The average molecular weight is 350 g/mol. The predicted octanol–water partition coefficient (Wildman–Crippen LogP) is 2.17. The number of morpholine rings is 1. The van der Waals surface area contributed by atoms with E-state index < -0.39 is 0 Å². The molecule has 0 N–H and O–H groups in total. The number of rotatable bonds is 4. The highest BCUT2D eigenvalue weighted by Crippen LogP contribution is 2.18. The summed E-state index contributed by atoms with van der Waals surface area (Å²) in [5.41, 5.74) is 2.80. The number of ether oxygens (including phenoxy) is 1. The number of hydrogen-bond donors (Lipinski definition) is 0. The summed E-state index contributed by atoms with van der Waals surface area (Å²) in [6, 6.07) is 15.7. The molecule has 0 unspecified atom stereocenters. The second kappa shape index (κ2) is 7.17. The monoisotopic (exact) mass is 350 g/mol. The number of benzene rings is 1. The molecule has 6 heteroatoms. The van der Waals surface area contributed by atoms with Gasteiger partial charge in [0.1, 0.15) is 11.5 Å². The molecular formula is C20H22N4O2. The molecule has 26 heavy (non-hydrogen) atoms. The quantitative estimate of drug-likeness (QED) is 0.722. The van der Waals surface area contributed by atoms with Crippen LogP contribution in [0.25, 0.3) is 5.65 Å². The first-order valence-electron chi connectivity index (χ1n) is 8.82. The van der Waals surface area contributed by atoms with Crippen LogP contribution in [0, 0.1) is 0 Å². The van der Waals surface area contributed by atoms with Gasteiger partial charge in [0.2, 0.25) is 0 Å². The van der Waals surface area contributed by atoms with E-state index in [1.165, 1.54) is 0 Å². The molecule has 3 aromatic rings. The van der Waals surface area contributed by atoms with Crippen LogP contribution in [0.5, 0.6) is 0 Å². The van der Waals surface area contributed by atoms with E-state index in [1.807, 2.05) is 37.4 Å². The first-order chi connectivity index (χ1) is 12.7. The van der Waals surface area contributed by atoms with Crippen LogP contribution in [0.15, 0.2) is 59.5 Å². The number of hydrogen-bond acceptors (Lipinski definition) is 5. The van der Waals surface area contributed by atoms with Gasteiger partial charge in [0.15, 0.2) is 0 Å². The van der Waals surface area contributed by atoms with E-state index in [1.54, 1.807) is 16.7 Å². The molecule has 134 valence electrons. The summed E-state index contributed by atoms with van der Waals surface area (Å²) in [6.45, 7) is 3.52. The maximum atomic E-state index is 12.6. The van der Waals surface area contributed by atoms with Gasteiger partial charge in [-0.15, -0.1) is 0 Å². The van der Waals surface area contributed by atoms with Crippen LogP contribution < -0.4 is 15.4 Å². The van der Waals surface area contributed by atoms with Gasteiger partial charge >= 0.3 is 0 Å². The zero-order valence-corrected chi connectivity index (χ0v) is 14.8. The Morgan fingerprint density at radius 2 is 1.88 bits per heavy atom. The van der Waals surface area contributed by atoms with Crippen molar-refractivity contribution in [3.8, 4) is 0 Å². The van der Waals surface area contributed by atoms with Crippen molar-refractivity contribution in [1.29, 1.82) is 0 Å². The normalized spacial score (nSPS) is 14.6. The van der Waals surface area contributed by atoms with Crippen molar-refractivity contribution in [2.24, 2.45) is 0 Å².